The number of benzene rings is 1. The second kappa shape index (κ2) is 4.52. The average molecular weight is 290 g/mol. The van der Waals surface area contributed by atoms with Crippen molar-refractivity contribution >= 4 is 34.0 Å². The Balaban J connectivity index is 2.18. The van der Waals surface area contributed by atoms with Crippen molar-refractivity contribution in [1.29, 1.82) is 0 Å². The van der Waals surface area contributed by atoms with Crippen LogP contribution in [0.5, 0.6) is 0 Å². The van der Waals surface area contributed by atoms with Gasteiger partial charge in [-0.25, -0.2) is 0 Å². The van der Waals surface area contributed by atoms with Crippen molar-refractivity contribution in [2.75, 3.05) is 0 Å². The minimum absolute atomic E-state index is 0.0461. The fraction of sp³-hybridized carbons (Fsp3) is 0. The zero-order chi connectivity index (χ0) is 13.5. The van der Waals surface area contributed by atoms with Gasteiger partial charge in [0.2, 0.25) is 0 Å². The molecule has 0 saturated carbocycles. The molecule has 1 aliphatic carbocycles. The lowest BCUT2D eigenvalue weighted by molar-refractivity contribution is 0.493. The molecule has 0 amide bonds. The molecule has 19 heavy (non-hydrogen) atoms. The van der Waals surface area contributed by atoms with Gasteiger partial charge in [0.05, 0.1) is 0 Å². The second-order valence-corrected chi connectivity index (χ2v) is 6.89. The number of allylic oxidation sites excluding steroid dienone is 4. The van der Waals surface area contributed by atoms with Gasteiger partial charge in [-0.2, -0.15) is 8.42 Å². The van der Waals surface area contributed by atoms with Crippen LogP contribution in [0.2, 0.25) is 0 Å². The maximum Gasteiger partial charge on any atom is 0.300 e. The van der Waals surface area contributed by atoms with Crippen LogP contribution in [0, 0.1) is 0 Å². The van der Waals surface area contributed by atoms with E-state index in [0.29, 0.717) is 0 Å². The standard InChI is InChI=1S/C14H10O3S2/c15-19(16,17)14-8-6-12-9-11-4-2-1-3-10(11)5-7-13(12)18-14/h1-9H,(H,15,16,17). The maximum absolute atomic E-state index is 11.2. The van der Waals surface area contributed by atoms with Crippen molar-refractivity contribution in [2.45, 2.75) is 0 Å². The Morgan fingerprint density at radius 1 is 0.947 bits per heavy atom. The Bertz CT molecular complexity index is 856. The molecule has 2 aliphatic rings. The monoisotopic (exact) mass is 290 g/mol. The van der Waals surface area contributed by atoms with Gasteiger partial charge in [-0.3, -0.25) is 4.55 Å². The van der Waals surface area contributed by atoms with Gasteiger partial charge in [0.1, 0.15) is 4.24 Å². The zero-order valence-corrected chi connectivity index (χ0v) is 11.4. The first kappa shape index (κ1) is 12.5. The Morgan fingerprint density at radius 3 is 2.42 bits per heavy atom. The lowest BCUT2D eigenvalue weighted by Gasteiger charge is -2.12. The van der Waals surface area contributed by atoms with Crippen LogP contribution in [0.15, 0.2) is 57.2 Å². The van der Waals surface area contributed by atoms with E-state index >= 15 is 0 Å². The summed E-state index contributed by atoms with van der Waals surface area (Å²) in [6.45, 7) is 0. The Hall–Kier alpha value is -1.56. The van der Waals surface area contributed by atoms with Crippen molar-refractivity contribution in [3.8, 4) is 0 Å². The zero-order valence-electron chi connectivity index (χ0n) is 9.78. The van der Waals surface area contributed by atoms with Crippen molar-refractivity contribution in [3.63, 3.8) is 0 Å². The number of thioether (sulfide) groups is 1. The molecule has 0 aromatic heterocycles. The van der Waals surface area contributed by atoms with Gasteiger partial charge in [-0.15, -0.1) is 0 Å². The molecular weight excluding hydrogens is 280 g/mol. The highest BCUT2D eigenvalue weighted by atomic mass is 32.3. The van der Waals surface area contributed by atoms with E-state index in [9.17, 15) is 8.42 Å². The molecule has 0 radical (unpaired) electrons. The summed E-state index contributed by atoms with van der Waals surface area (Å²) in [6.07, 6.45) is 8.96. The van der Waals surface area contributed by atoms with Gasteiger partial charge in [0, 0.05) is 4.91 Å². The van der Waals surface area contributed by atoms with Crippen LogP contribution in [0.1, 0.15) is 0 Å². The van der Waals surface area contributed by atoms with Crippen LogP contribution in [-0.2, 0) is 10.1 Å². The predicted molar refractivity (Wildman–Crippen MR) is 78.0 cm³/mol. The Morgan fingerprint density at radius 2 is 1.68 bits per heavy atom. The van der Waals surface area contributed by atoms with Gasteiger partial charge < -0.3 is 0 Å². The predicted octanol–water partition coefficient (Wildman–Crippen LogP) is 1.55. The highest BCUT2D eigenvalue weighted by Crippen LogP contribution is 2.38. The highest BCUT2D eigenvalue weighted by Gasteiger charge is 2.20. The van der Waals surface area contributed by atoms with Crippen LogP contribution in [0.25, 0.3) is 12.2 Å². The first-order valence-corrected chi connectivity index (χ1v) is 7.86. The molecule has 1 heterocycles. The van der Waals surface area contributed by atoms with Gasteiger partial charge in [-0.05, 0) is 34.2 Å². The molecule has 1 aromatic carbocycles. The van der Waals surface area contributed by atoms with Gasteiger partial charge in [-0.1, -0.05) is 48.2 Å². The summed E-state index contributed by atoms with van der Waals surface area (Å²) in [5.41, 5.74) is 0.943. The minimum Gasteiger partial charge on any atom is -0.281 e. The number of rotatable bonds is 1. The SMILES string of the molecule is O=S(=O)(O)C1=CC=C2C=c3ccccc3=CC=C2S1. The molecule has 1 N–H and O–H groups in total. The topological polar surface area (TPSA) is 54.4 Å². The highest BCUT2D eigenvalue weighted by molar-refractivity contribution is 8.19. The number of hydrogen-bond acceptors (Lipinski definition) is 3. The Kier molecular flexibility index (Phi) is 2.97. The third-order valence-corrected chi connectivity index (χ3v) is 5.32. The molecule has 96 valence electrons. The fourth-order valence-electron chi connectivity index (χ4n) is 1.96. The molecule has 0 bridgehead atoms. The van der Waals surface area contributed by atoms with Crippen LogP contribution in [0.4, 0.5) is 0 Å². The van der Waals surface area contributed by atoms with Crippen LogP contribution >= 0.6 is 11.8 Å². The first-order valence-electron chi connectivity index (χ1n) is 5.60. The molecule has 0 atom stereocenters. The molecular formula is C14H10O3S2. The van der Waals surface area contributed by atoms with E-state index in [1.54, 1.807) is 6.08 Å². The van der Waals surface area contributed by atoms with E-state index in [1.165, 1.54) is 6.08 Å². The summed E-state index contributed by atoms with van der Waals surface area (Å²) in [4.78, 5) is 0.811. The summed E-state index contributed by atoms with van der Waals surface area (Å²) in [6, 6.07) is 7.93. The quantitative estimate of drug-likeness (QED) is 0.797. The molecule has 1 aliphatic heterocycles. The summed E-state index contributed by atoms with van der Waals surface area (Å²) in [5.74, 6) is 0. The van der Waals surface area contributed by atoms with Gasteiger partial charge in [0.15, 0.2) is 0 Å². The van der Waals surface area contributed by atoms with E-state index in [2.05, 4.69) is 0 Å². The van der Waals surface area contributed by atoms with E-state index < -0.39 is 10.1 Å². The minimum atomic E-state index is -4.14. The second-order valence-electron chi connectivity index (χ2n) is 4.16. The molecule has 3 nitrogen and oxygen atoms in total. The molecule has 5 heteroatoms. The van der Waals surface area contributed by atoms with Crippen LogP contribution < -0.4 is 10.4 Å². The van der Waals surface area contributed by atoms with Crippen LogP contribution in [-0.4, -0.2) is 13.0 Å². The van der Waals surface area contributed by atoms with Crippen molar-refractivity contribution in [3.05, 3.63) is 67.6 Å². The van der Waals surface area contributed by atoms with Crippen molar-refractivity contribution in [2.24, 2.45) is 0 Å². The first-order chi connectivity index (χ1) is 9.04. The smallest absolute Gasteiger partial charge is 0.281 e. The molecule has 0 fully saturated rings. The average Bonchev–Trinajstić information content (AvgIpc) is 2.55. The van der Waals surface area contributed by atoms with Crippen LogP contribution in [0.3, 0.4) is 0 Å². The largest absolute Gasteiger partial charge is 0.300 e. The third kappa shape index (κ3) is 2.45. The molecule has 0 unspecified atom stereocenters. The van der Waals surface area contributed by atoms with E-state index in [1.807, 2.05) is 42.5 Å². The third-order valence-electron chi connectivity index (χ3n) is 2.87. The van der Waals surface area contributed by atoms with Crippen molar-refractivity contribution in [1.82, 2.24) is 0 Å². The molecule has 3 rings (SSSR count). The lowest BCUT2D eigenvalue weighted by atomic mass is 10.1. The number of fused-ring (bicyclic) bond motifs is 2. The van der Waals surface area contributed by atoms with E-state index in [-0.39, 0.29) is 4.24 Å². The maximum atomic E-state index is 11.2. The van der Waals surface area contributed by atoms with Gasteiger partial charge >= 0.3 is 10.1 Å². The molecule has 0 spiro atoms. The molecule has 0 saturated heterocycles. The van der Waals surface area contributed by atoms with Crippen molar-refractivity contribution < 1.29 is 13.0 Å². The summed E-state index contributed by atoms with van der Waals surface area (Å²) in [7, 11) is -4.14. The normalized spacial score (nSPS) is 17.6. The summed E-state index contributed by atoms with van der Waals surface area (Å²) < 4.78 is 31.3. The van der Waals surface area contributed by atoms with E-state index in [4.69, 9.17) is 4.55 Å². The number of hydrogen-bond donors (Lipinski definition) is 1. The summed E-state index contributed by atoms with van der Waals surface area (Å²) in [5, 5.41) is 2.17. The fourth-order valence-corrected chi connectivity index (χ4v) is 3.62. The van der Waals surface area contributed by atoms with Gasteiger partial charge in [0.25, 0.3) is 0 Å². The summed E-state index contributed by atoms with van der Waals surface area (Å²) >= 11 is 1.06. The molecule has 1 aromatic rings. The lowest BCUT2D eigenvalue weighted by Crippen LogP contribution is -2.22. The Labute approximate surface area is 115 Å². The van der Waals surface area contributed by atoms with E-state index in [0.717, 1.165) is 32.7 Å².